The second kappa shape index (κ2) is 13.8. The van der Waals surface area contributed by atoms with E-state index in [2.05, 4.69) is 20.0 Å². The first-order valence-electron chi connectivity index (χ1n) is 14.7. The summed E-state index contributed by atoms with van der Waals surface area (Å²) in [5.41, 5.74) is 7.57. The monoisotopic (exact) mass is 590 g/mol. The molecule has 3 amide bonds. The number of hydrogen-bond donors (Lipinski definition) is 3. The summed E-state index contributed by atoms with van der Waals surface area (Å²) in [5.74, 6) is -0.591. The Bertz CT molecular complexity index is 1370. The van der Waals surface area contributed by atoms with Gasteiger partial charge in [0.15, 0.2) is 5.69 Å². The third kappa shape index (κ3) is 6.73. The summed E-state index contributed by atoms with van der Waals surface area (Å²) in [5, 5.41) is 6.22. The molecule has 0 saturated heterocycles. The normalized spacial score (nSPS) is 16.8. The van der Waals surface area contributed by atoms with Gasteiger partial charge in [0.05, 0.1) is 12.8 Å². The Morgan fingerprint density at radius 1 is 0.905 bits per heavy atom. The highest BCUT2D eigenvalue weighted by atomic mass is 32.1. The maximum atomic E-state index is 14.4. The lowest BCUT2D eigenvalue weighted by atomic mass is 9.94. The molecule has 42 heavy (non-hydrogen) atoms. The minimum absolute atomic E-state index is 0.0120. The molecule has 2 aliphatic carbocycles. The third-order valence-corrected chi connectivity index (χ3v) is 8.98. The number of ether oxygens (including phenoxy) is 1. The number of carbonyl (C=O) groups is 3. The zero-order chi connectivity index (χ0) is 29.5. The first kappa shape index (κ1) is 29.5. The fourth-order valence-electron chi connectivity index (χ4n) is 5.84. The van der Waals surface area contributed by atoms with Gasteiger partial charge in [-0.25, -0.2) is 0 Å². The molecule has 2 aliphatic rings. The Kier molecular flexibility index (Phi) is 9.68. The number of aromatic nitrogens is 2. The molecule has 1 aromatic carbocycles. The van der Waals surface area contributed by atoms with Crippen molar-refractivity contribution in [1.82, 2.24) is 20.0 Å². The van der Waals surface area contributed by atoms with Crippen LogP contribution in [0.15, 0.2) is 48.8 Å². The molecule has 2 heterocycles. The maximum absolute atomic E-state index is 14.4. The lowest BCUT2D eigenvalue weighted by Crippen LogP contribution is -2.47. The number of carbonyl (C=O) groups excluding carboxylic acids is 3. The summed E-state index contributed by atoms with van der Waals surface area (Å²) in [6.07, 6.45) is 13.4. The maximum Gasteiger partial charge on any atom is 0.273 e. The summed E-state index contributed by atoms with van der Waals surface area (Å²) >= 11 is 0.869. The van der Waals surface area contributed by atoms with Gasteiger partial charge in [-0.1, -0.05) is 38.5 Å². The van der Waals surface area contributed by atoms with Crippen molar-refractivity contribution >= 4 is 40.6 Å². The number of anilines is 2. The Morgan fingerprint density at radius 2 is 1.50 bits per heavy atom. The van der Waals surface area contributed by atoms with Gasteiger partial charge < -0.3 is 21.1 Å². The number of rotatable bonds is 9. The quantitative estimate of drug-likeness (QED) is 0.318. The van der Waals surface area contributed by atoms with Crippen molar-refractivity contribution in [2.45, 2.75) is 82.3 Å². The van der Waals surface area contributed by atoms with E-state index < -0.39 is 11.9 Å². The highest BCUT2D eigenvalue weighted by molar-refractivity contribution is 7.09. The molecule has 11 heteroatoms. The number of methoxy groups -OCH3 is 1. The average Bonchev–Trinajstić information content (AvgIpc) is 3.42. The Morgan fingerprint density at radius 3 is 2.10 bits per heavy atom. The van der Waals surface area contributed by atoms with E-state index in [1.54, 1.807) is 55.9 Å². The van der Waals surface area contributed by atoms with E-state index in [1.807, 2.05) is 0 Å². The van der Waals surface area contributed by atoms with Gasteiger partial charge >= 0.3 is 0 Å². The number of benzene rings is 1. The van der Waals surface area contributed by atoms with Gasteiger partial charge in [-0.15, -0.1) is 0 Å². The number of nitrogens with one attached hydrogen (secondary N) is 2. The number of hydrogen-bond acceptors (Lipinski definition) is 8. The fourth-order valence-corrected chi connectivity index (χ4v) is 6.58. The van der Waals surface area contributed by atoms with E-state index in [4.69, 9.17) is 10.5 Å². The van der Waals surface area contributed by atoms with Crippen LogP contribution in [0, 0.1) is 0 Å². The molecule has 2 saturated carbocycles. The van der Waals surface area contributed by atoms with E-state index >= 15 is 0 Å². The van der Waals surface area contributed by atoms with Crippen LogP contribution in [0.2, 0.25) is 0 Å². The molecule has 0 unspecified atom stereocenters. The second-order valence-electron chi connectivity index (χ2n) is 11.0. The highest BCUT2D eigenvalue weighted by Gasteiger charge is 2.37. The first-order valence-corrected chi connectivity index (χ1v) is 15.5. The van der Waals surface area contributed by atoms with Crippen LogP contribution in [0.3, 0.4) is 0 Å². The van der Waals surface area contributed by atoms with Crippen molar-refractivity contribution in [1.29, 1.82) is 0 Å². The van der Waals surface area contributed by atoms with E-state index in [0.29, 0.717) is 17.0 Å². The number of nitrogens with zero attached hydrogens (tertiary/aromatic N) is 3. The number of nitrogen functional groups attached to an aromatic ring is 1. The topological polar surface area (TPSA) is 140 Å². The minimum Gasteiger partial charge on any atom is -0.497 e. The van der Waals surface area contributed by atoms with Gasteiger partial charge in [0.2, 0.25) is 5.91 Å². The van der Waals surface area contributed by atoms with Gasteiger partial charge in [-0.3, -0.25) is 24.3 Å². The molecule has 3 aromatic rings. The van der Waals surface area contributed by atoms with E-state index in [-0.39, 0.29) is 40.2 Å². The van der Waals surface area contributed by atoms with Crippen molar-refractivity contribution in [3.63, 3.8) is 0 Å². The Hall–Kier alpha value is -3.99. The minimum atomic E-state index is -1.02. The predicted molar refractivity (Wildman–Crippen MR) is 163 cm³/mol. The van der Waals surface area contributed by atoms with Gasteiger partial charge in [0.1, 0.15) is 16.7 Å². The van der Waals surface area contributed by atoms with Crippen molar-refractivity contribution in [2.24, 2.45) is 0 Å². The molecule has 4 N–H and O–H groups in total. The highest BCUT2D eigenvalue weighted by Crippen LogP contribution is 2.34. The van der Waals surface area contributed by atoms with Crippen molar-refractivity contribution < 1.29 is 19.1 Å². The summed E-state index contributed by atoms with van der Waals surface area (Å²) in [6, 6.07) is 9.47. The molecule has 5 rings (SSSR count). The van der Waals surface area contributed by atoms with Crippen LogP contribution in [0.25, 0.3) is 0 Å². The zero-order valence-corrected chi connectivity index (χ0v) is 24.7. The van der Waals surface area contributed by atoms with Crippen LogP contribution < -0.4 is 26.0 Å². The molecule has 2 fully saturated rings. The number of amides is 3. The molecular weight excluding hydrogens is 552 g/mol. The summed E-state index contributed by atoms with van der Waals surface area (Å²) in [4.78, 5) is 47.2. The van der Waals surface area contributed by atoms with Crippen LogP contribution in [0.5, 0.6) is 5.75 Å². The van der Waals surface area contributed by atoms with Crippen LogP contribution in [0.4, 0.5) is 11.4 Å². The van der Waals surface area contributed by atoms with Crippen molar-refractivity contribution in [2.75, 3.05) is 17.7 Å². The van der Waals surface area contributed by atoms with Crippen LogP contribution in [-0.2, 0) is 4.79 Å². The standard InChI is InChI=1S/C31H38N6O4S/c1-41-24-14-12-23(13-15-24)37(27(20-16-18-33-19-17-20)30(39)35-22-10-6-3-7-11-22)31(40)28-25(32)26(36-42-28)29(38)34-21-8-4-2-5-9-21/h12-19,21-22,27H,2-11,32H2,1H3,(H,34,38)(H,35,39)/t27-/m1/s1. The average molecular weight is 591 g/mol. The largest absolute Gasteiger partial charge is 0.497 e. The summed E-state index contributed by atoms with van der Waals surface area (Å²) in [7, 11) is 1.56. The SMILES string of the molecule is COc1ccc(N(C(=O)c2snc(C(=O)NC3CCCCC3)c2N)[C@@H](C(=O)NC2CCCCC2)c2ccncc2)cc1. The zero-order valence-electron chi connectivity index (χ0n) is 23.9. The van der Waals surface area contributed by atoms with Crippen molar-refractivity contribution in [3.8, 4) is 5.75 Å². The molecule has 10 nitrogen and oxygen atoms in total. The van der Waals surface area contributed by atoms with Crippen molar-refractivity contribution in [3.05, 3.63) is 64.9 Å². The van der Waals surface area contributed by atoms with Gasteiger partial charge in [0, 0.05) is 30.2 Å². The van der Waals surface area contributed by atoms with E-state index in [9.17, 15) is 14.4 Å². The summed E-state index contributed by atoms with van der Waals surface area (Å²) < 4.78 is 9.64. The van der Waals surface area contributed by atoms with Gasteiger partial charge in [0.25, 0.3) is 11.8 Å². The Labute approximate surface area is 250 Å². The van der Waals surface area contributed by atoms with Crippen LogP contribution in [0.1, 0.15) is 96.0 Å². The van der Waals surface area contributed by atoms with Crippen LogP contribution in [-0.4, -0.2) is 46.3 Å². The molecule has 0 bridgehead atoms. The summed E-state index contributed by atoms with van der Waals surface area (Å²) in [6.45, 7) is 0. The Balaban J connectivity index is 1.51. The molecule has 0 radical (unpaired) electrons. The lowest BCUT2D eigenvalue weighted by molar-refractivity contribution is -0.123. The molecular formula is C31H38N6O4S. The van der Waals surface area contributed by atoms with E-state index in [0.717, 1.165) is 75.7 Å². The number of pyridine rings is 1. The van der Waals surface area contributed by atoms with Crippen LogP contribution >= 0.6 is 11.5 Å². The number of nitrogens with two attached hydrogens (primary N) is 1. The van der Waals surface area contributed by atoms with Gasteiger partial charge in [-0.2, -0.15) is 4.37 Å². The molecule has 0 spiro atoms. The smallest absolute Gasteiger partial charge is 0.273 e. The molecule has 2 aromatic heterocycles. The molecule has 0 aliphatic heterocycles. The predicted octanol–water partition coefficient (Wildman–Crippen LogP) is 5.03. The molecule has 1 atom stereocenters. The second-order valence-corrected chi connectivity index (χ2v) is 11.8. The fraction of sp³-hybridized carbons (Fsp3) is 0.452. The molecule has 222 valence electrons. The van der Waals surface area contributed by atoms with E-state index in [1.165, 1.54) is 4.90 Å². The first-order chi connectivity index (χ1) is 20.5. The lowest BCUT2D eigenvalue weighted by Gasteiger charge is -2.33. The third-order valence-electron chi connectivity index (χ3n) is 8.13. The van der Waals surface area contributed by atoms with Gasteiger partial charge in [-0.05, 0) is 79.2 Å².